The van der Waals surface area contributed by atoms with E-state index in [0.29, 0.717) is 23.8 Å². The number of Topliss-reactive ketones (excluding diaryl/α,β-unsaturated/α-hetero) is 1. The van der Waals surface area contributed by atoms with Crippen molar-refractivity contribution in [1.82, 2.24) is 5.32 Å². The summed E-state index contributed by atoms with van der Waals surface area (Å²) < 4.78 is 13.3. The summed E-state index contributed by atoms with van der Waals surface area (Å²) in [6, 6.07) is 24.3. The molecule has 6 heteroatoms. The molecule has 0 unspecified atom stereocenters. The number of anilines is 1. The first-order valence-electron chi connectivity index (χ1n) is 12.8. The van der Waals surface area contributed by atoms with Crippen LogP contribution in [0.5, 0.6) is 5.75 Å². The van der Waals surface area contributed by atoms with Gasteiger partial charge in [0.15, 0.2) is 12.4 Å². The minimum Gasteiger partial charge on any atom is -0.485 e. The molecule has 1 N–H and O–H groups in total. The van der Waals surface area contributed by atoms with Crippen LogP contribution in [0.25, 0.3) is 0 Å². The second kappa shape index (κ2) is 12.0. The molecule has 0 aromatic heterocycles. The van der Waals surface area contributed by atoms with Crippen LogP contribution in [-0.4, -0.2) is 44.7 Å². The lowest BCUT2D eigenvalue weighted by atomic mass is 9.87. The van der Waals surface area contributed by atoms with Gasteiger partial charge >= 0.3 is 0 Å². The molecule has 2 atom stereocenters. The highest BCUT2D eigenvalue weighted by Gasteiger charge is 2.27. The van der Waals surface area contributed by atoms with Crippen molar-refractivity contribution in [2.75, 3.05) is 37.7 Å². The van der Waals surface area contributed by atoms with Gasteiger partial charge in [0.1, 0.15) is 5.75 Å². The largest absolute Gasteiger partial charge is 0.485 e. The summed E-state index contributed by atoms with van der Waals surface area (Å²) in [5, 5.41) is 3.46. The predicted octanol–water partition coefficient (Wildman–Crippen LogP) is 5.97. The summed E-state index contributed by atoms with van der Waals surface area (Å²) >= 11 is 3.48. The maximum absolute atomic E-state index is 12.8. The maximum Gasteiger partial charge on any atom is 0.200 e. The van der Waals surface area contributed by atoms with Crippen molar-refractivity contribution in [3.8, 4) is 5.75 Å². The van der Waals surface area contributed by atoms with Gasteiger partial charge in [-0.15, -0.1) is 0 Å². The Morgan fingerprint density at radius 2 is 1.78 bits per heavy atom. The van der Waals surface area contributed by atoms with E-state index in [0.717, 1.165) is 42.8 Å². The van der Waals surface area contributed by atoms with E-state index in [-0.39, 0.29) is 18.5 Å². The van der Waals surface area contributed by atoms with E-state index >= 15 is 0 Å². The van der Waals surface area contributed by atoms with Crippen LogP contribution in [-0.2, 0) is 11.3 Å². The van der Waals surface area contributed by atoms with Crippen molar-refractivity contribution in [3.63, 3.8) is 0 Å². The van der Waals surface area contributed by atoms with E-state index < -0.39 is 0 Å². The fourth-order valence-corrected chi connectivity index (χ4v) is 5.33. The topological polar surface area (TPSA) is 50.8 Å². The lowest BCUT2D eigenvalue weighted by molar-refractivity contribution is 0.0106. The number of ketones is 1. The predicted molar refractivity (Wildman–Crippen MR) is 147 cm³/mol. The van der Waals surface area contributed by atoms with E-state index in [1.807, 2.05) is 42.5 Å². The Kier molecular flexibility index (Phi) is 8.36. The minimum atomic E-state index is -0.000107. The van der Waals surface area contributed by atoms with Crippen molar-refractivity contribution in [3.05, 3.63) is 94.0 Å². The van der Waals surface area contributed by atoms with Gasteiger partial charge in [-0.05, 0) is 73.3 Å². The number of carbonyl (C=O) groups is 1. The highest BCUT2D eigenvalue weighted by molar-refractivity contribution is 9.10. The Morgan fingerprint density at radius 1 is 1.00 bits per heavy atom. The number of piperidine rings is 1. The summed E-state index contributed by atoms with van der Waals surface area (Å²) in [7, 11) is 0. The van der Waals surface area contributed by atoms with Gasteiger partial charge in [0, 0.05) is 41.3 Å². The molecule has 2 aliphatic rings. The molecule has 188 valence electrons. The van der Waals surface area contributed by atoms with E-state index in [1.165, 1.54) is 24.0 Å². The number of nitrogens with one attached hydrogen (secondary N) is 1. The molecule has 0 spiro atoms. The molecular weight excluding hydrogens is 516 g/mol. The molecule has 3 aromatic carbocycles. The second-order valence-corrected chi connectivity index (χ2v) is 10.5. The monoisotopic (exact) mass is 548 g/mol. The van der Waals surface area contributed by atoms with E-state index in [2.05, 4.69) is 56.5 Å². The lowest BCUT2D eigenvalue weighted by Crippen LogP contribution is -2.40. The molecule has 5 rings (SSSR count). The normalized spacial score (nSPS) is 19.9. The summed E-state index contributed by atoms with van der Waals surface area (Å²) in [4.78, 5) is 15.1. The minimum absolute atomic E-state index is 0.000107. The molecule has 0 aliphatic carbocycles. The highest BCUT2D eigenvalue weighted by Crippen LogP contribution is 2.30. The van der Waals surface area contributed by atoms with Crippen LogP contribution >= 0.6 is 15.9 Å². The standard InChI is InChI=1S/C30H33BrN2O3/c31-25-10-6-22(7-11-25)20-36-30-19-32-15-14-28(30)23-8-12-27(13-9-23)35-21-29(34)24-4-3-5-26(18-24)33-16-1-2-17-33/h3-13,18,28,30,32H,1-2,14-17,19-21H2/t28-,30+/m1/s1. The Labute approximate surface area is 221 Å². The van der Waals surface area contributed by atoms with E-state index in [9.17, 15) is 4.79 Å². The summed E-state index contributed by atoms with van der Waals surface area (Å²) in [5.41, 5.74) is 4.24. The number of halogens is 1. The van der Waals surface area contributed by atoms with Crippen LogP contribution in [0, 0.1) is 0 Å². The van der Waals surface area contributed by atoms with Crippen molar-refractivity contribution in [1.29, 1.82) is 0 Å². The molecule has 2 heterocycles. The summed E-state index contributed by atoms with van der Waals surface area (Å²) in [6.07, 6.45) is 3.56. The smallest absolute Gasteiger partial charge is 0.200 e. The fraction of sp³-hybridized carbons (Fsp3) is 0.367. The number of hydrogen-bond donors (Lipinski definition) is 1. The molecule has 3 aromatic rings. The first-order valence-corrected chi connectivity index (χ1v) is 13.6. The van der Waals surface area contributed by atoms with Gasteiger partial charge in [-0.2, -0.15) is 0 Å². The van der Waals surface area contributed by atoms with E-state index in [1.54, 1.807) is 0 Å². The van der Waals surface area contributed by atoms with Crippen molar-refractivity contribution >= 4 is 27.4 Å². The number of hydrogen-bond acceptors (Lipinski definition) is 5. The van der Waals surface area contributed by atoms with Crippen LogP contribution in [0.2, 0.25) is 0 Å². The molecule has 0 amide bonds. The van der Waals surface area contributed by atoms with Gasteiger partial charge in [0.2, 0.25) is 0 Å². The quantitative estimate of drug-likeness (QED) is 0.333. The van der Waals surface area contributed by atoms with Crippen molar-refractivity contribution in [2.45, 2.75) is 37.9 Å². The molecule has 2 fully saturated rings. The third-order valence-electron chi connectivity index (χ3n) is 7.12. The van der Waals surface area contributed by atoms with Crippen molar-refractivity contribution < 1.29 is 14.3 Å². The number of rotatable bonds is 9. The van der Waals surface area contributed by atoms with Crippen LogP contribution in [0.15, 0.2) is 77.3 Å². The first kappa shape index (κ1) is 25.0. The molecule has 2 aliphatic heterocycles. The average Bonchev–Trinajstić information content (AvgIpc) is 3.47. The summed E-state index contributed by atoms with van der Waals surface area (Å²) in [6.45, 7) is 4.57. The van der Waals surface area contributed by atoms with Crippen molar-refractivity contribution in [2.24, 2.45) is 0 Å². The van der Waals surface area contributed by atoms with Crippen LogP contribution in [0.4, 0.5) is 5.69 Å². The molecule has 0 radical (unpaired) electrons. The van der Waals surface area contributed by atoms with Gasteiger partial charge in [0.05, 0.1) is 12.7 Å². The van der Waals surface area contributed by atoms with Gasteiger partial charge in [-0.3, -0.25) is 4.79 Å². The molecular formula is C30H33BrN2O3. The average molecular weight is 550 g/mol. The molecule has 36 heavy (non-hydrogen) atoms. The van der Waals surface area contributed by atoms with Gasteiger partial charge in [-0.1, -0.05) is 52.3 Å². The molecule has 2 saturated heterocycles. The Morgan fingerprint density at radius 3 is 2.56 bits per heavy atom. The SMILES string of the molecule is O=C(COc1ccc([C@H]2CCNC[C@@H]2OCc2ccc(Br)cc2)cc1)c1cccc(N2CCCC2)c1. The highest BCUT2D eigenvalue weighted by atomic mass is 79.9. The fourth-order valence-electron chi connectivity index (χ4n) is 5.07. The number of nitrogens with zero attached hydrogens (tertiary/aromatic N) is 1. The molecule has 0 saturated carbocycles. The van der Waals surface area contributed by atoms with E-state index in [4.69, 9.17) is 9.47 Å². The third-order valence-corrected chi connectivity index (χ3v) is 7.65. The number of carbonyl (C=O) groups excluding carboxylic acids is 1. The zero-order chi connectivity index (χ0) is 24.7. The summed E-state index contributed by atoms with van der Waals surface area (Å²) in [5.74, 6) is 1.04. The Hall–Kier alpha value is -2.67. The molecule has 0 bridgehead atoms. The van der Waals surface area contributed by atoms with Crippen LogP contribution in [0.3, 0.4) is 0 Å². The second-order valence-electron chi connectivity index (χ2n) is 9.60. The maximum atomic E-state index is 12.8. The Bertz CT molecular complexity index is 1140. The Balaban J connectivity index is 1.16. The van der Waals surface area contributed by atoms with Gasteiger partial charge < -0.3 is 19.7 Å². The molecule has 5 nitrogen and oxygen atoms in total. The third kappa shape index (κ3) is 6.36. The zero-order valence-electron chi connectivity index (χ0n) is 20.5. The number of ether oxygens (including phenoxy) is 2. The van der Waals surface area contributed by atoms with Gasteiger partial charge in [0.25, 0.3) is 0 Å². The number of benzene rings is 3. The van der Waals surface area contributed by atoms with Gasteiger partial charge in [-0.25, -0.2) is 0 Å². The first-order chi connectivity index (χ1) is 17.7. The van der Waals surface area contributed by atoms with Crippen LogP contribution in [0.1, 0.15) is 46.7 Å². The van der Waals surface area contributed by atoms with Crippen LogP contribution < -0.4 is 15.0 Å². The lowest BCUT2D eigenvalue weighted by Gasteiger charge is -2.32. The zero-order valence-corrected chi connectivity index (χ0v) is 22.1.